The number of halogens is 5. The van der Waals surface area contributed by atoms with Crippen LogP contribution in [0.1, 0.15) is 44.7 Å². The molecule has 0 spiro atoms. The third-order valence-electron chi connectivity index (χ3n) is 2.01. The fourth-order valence-electron chi connectivity index (χ4n) is 1.19. The fourth-order valence-corrected chi connectivity index (χ4v) is 1.42. The van der Waals surface area contributed by atoms with E-state index in [9.17, 15) is 17.6 Å². The second-order valence-corrected chi connectivity index (χ2v) is 3.92. The minimum absolute atomic E-state index is 0.0187. The van der Waals surface area contributed by atoms with Gasteiger partial charge in [-0.25, -0.2) is 4.39 Å². The predicted molar refractivity (Wildman–Crippen MR) is 61.8 cm³/mol. The zero-order chi connectivity index (χ0) is 13.8. The summed E-state index contributed by atoms with van der Waals surface area (Å²) in [6, 6.07) is 1.40. The summed E-state index contributed by atoms with van der Waals surface area (Å²) in [4.78, 5) is 0. The summed E-state index contributed by atoms with van der Waals surface area (Å²) < 4.78 is 50.4. The molecule has 0 radical (unpaired) electrons. The van der Waals surface area contributed by atoms with E-state index in [4.69, 9.17) is 11.6 Å². The first kappa shape index (κ1) is 16.2. The van der Waals surface area contributed by atoms with Crippen LogP contribution in [0.5, 0.6) is 0 Å². The van der Waals surface area contributed by atoms with E-state index in [1.807, 2.05) is 13.8 Å². The second kappa shape index (κ2) is 6.24. The number of benzene rings is 1. The van der Waals surface area contributed by atoms with Gasteiger partial charge in [0.15, 0.2) is 0 Å². The maximum atomic E-state index is 13.3. The molecule has 0 heterocycles. The molecule has 0 aliphatic carbocycles. The summed E-state index contributed by atoms with van der Waals surface area (Å²) in [7, 11) is 0. The Balaban J connectivity index is 0.00000121. The van der Waals surface area contributed by atoms with E-state index in [0.29, 0.717) is 6.07 Å². The minimum Gasteiger partial charge on any atom is -0.205 e. The van der Waals surface area contributed by atoms with Crippen LogP contribution in [-0.2, 0) is 6.18 Å². The van der Waals surface area contributed by atoms with Gasteiger partial charge >= 0.3 is 6.18 Å². The molecule has 0 saturated heterocycles. The highest BCUT2D eigenvalue weighted by molar-refractivity contribution is 6.30. The van der Waals surface area contributed by atoms with Gasteiger partial charge in [0.05, 0.1) is 10.6 Å². The quantitative estimate of drug-likeness (QED) is 0.579. The van der Waals surface area contributed by atoms with Crippen LogP contribution in [0.3, 0.4) is 0 Å². The second-order valence-electron chi connectivity index (χ2n) is 3.51. The van der Waals surface area contributed by atoms with Crippen LogP contribution in [0.25, 0.3) is 0 Å². The Morgan fingerprint density at radius 2 is 1.59 bits per heavy atom. The molecule has 1 aromatic rings. The highest BCUT2D eigenvalue weighted by Crippen LogP contribution is 2.35. The molecule has 0 unspecified atom stereocenters. The van der Waals surface area contributed by atoms with E-state index < -0.39 is 22.6 Å². The normalized spacial score (nSPS) is 11.2. The summed E-state index contributed by atoms with van der Waals surface area (Å²) in [5.41, 5.74) is -0.938. The van der Waals surface area contributed by atoms with Crippen molar-refractivity contribution in [3.63, 3.8) is 0 Å². The summed E-state index contributed by atoms with van der Waals surface area (Å²) in [6.45, 7) is 7.21. The molecule has 0 saturated carbocycles. The van der Waals surface area contributed by atoms with E-state index in [-0.39, 0.29) is 11.5 Å². The Morgan fingerprint density at radius 3 is 1.94 bits per heavy atom. The molecule has 0 atom stereocenters. The van der Waals surface area contributed by atoms with Gasteiger partial charge < -0.3 is 0 Å². The SMILES string of the molecule is CC.CC(C)c1cc(C(F)(F)F)cc(Cl)c1F. The van der Waals surface area contributed by atoms with Crippen LogP contribution in [0.2, 0.25) is 5.02 Å². The lowest BCUT2D eigenvalue weighted by molar-refractivity contribution is -0.137. The van der Waals surface area contributed by atoms with Crippen molar-refractivity contribution in [2.75, 3.05) is 0 Å². The van der Waals surface area contributed by atoms with Gasteiger partial charge in [-0.2, -0.15) is 13.2 Å². The van der Waals surface area contributed by atoms with Gasteiger partial charge in [-0.05, 0) is 23.6 Å². The molecule has 17 heavy (non-hydrogen) atoms. The highest BCUT2D eigenvalue weighted by Gasteiger charge is 2.32. The van der Waals surface area contributed by atoms with Gasteiger partial charge in [0.1, 0.15) is 5.82 Å². The van der Waals surface area contributed by atoms with Crippen molar-refractivity contribution in [1.82, 2.24) is 0 Å². The zero-order valence-corrected chi connectivity index (χ0v) is 10.9. The number of hydrogen-bond donors (Lipinski definition) is 0. The monoisotopic (exact) mass is 270 g/mol. The molecule has 98 valence electrons. The summed E-state index contributed by atoms with van der Waals surface area (Å²) in [6.07, 6.45) is -4.50. The van der Waals surface area contributed by atoms with Crippen LogP contribution in [0, 0.1) is 5.82 Å². The van der Waals surface area contributed by atoms with Crippen LogP contribution in [0.4, 0.5) is 17.6 Å². The Labute approximate surface area is 104 Å². The lowest BCUT2D eigenvalue weighted by Crippen LogP contribution is -2.07. The molecule has 0 bridgehead atoms. The smallest absolute Gasteiger partial charge is 0.205 e. The molecule has 1 aromatic carbocycles. The Bertz CT molecular complexity index is 370. The first-order valence-electron chi connectivity index (χ1n) is 5.29. The Morgan fingerprint density at radius 1 is 1.12 bits per heavy atom. The molecule has 1 rings (SSSR count). The lowest BCUT2D eigenvalue weighted by Gasteiger charge is -2.13. The van der Waals surface area contributed by atoms with Crippen molar-refractivity contribution in [2.24, 2.45) is 0 Å². The van der Waals surface area contributed by atoms with Gasteiger partial charge in [0.2, 0.25) is 0 Å². The first-order chi connectivity index (χ1) is 7.73. The molecule has 0 aliphatic rings. The number of hydrogen-bond acceptors (Lipinski definition) is 0. The third kappa shape index (κ3) is 4.19. The van der Waals surface area contributed by atoms with E-state index >= 15 is 0 Å². The van der Waals surface area contributed by atoms with Crippen molar-refractivity contribution in [3.8, 4) is 0 Å². The molecule has 0 N–H and O–H groups in total. The van der Waals surface area contributed by atoms with Gasteiger partial charge in [-0.3, -0.25) is 0 Å². The standard InChI is InChI=1S/C10H9ClF4.C2H6/c1-5(2)7-3-6(10(13,14)15)4-8(11)9(7)12;1-2/h3-5H,1-2H3;1-2H3. The van der Waals surface area contributed by atoms with Crippen molar-refractivity contribution < 1.29 is 17.6 Å². The minimum atomic E-state index is -4.50. The van der Waals surface area contributed by atoms with Crippen LogP contribution in [-0.4, -0.2) is 0 Å². The van der Waals surface area contributed by atoms with E-state index in [0.717, 1.165) is 6.07 Å². The Hall–Kier alpha value is -0.770. The van der Waals surface area contributed by atoms with Gasteiger partial charge in [-0.1, -0.05) is 39.3 Å². The zero-order valence-electron chi connectivity index (χ0n) is 10.1. The van der Waals surface area contributed by atoms with Crippen LogP contribution < -0.4 is 0 Å². The van der Waals surface area contributed by atoms with Crippen molar-refractivity contribution in [3.05, 3.63) is 34.1 Å². The van der Waals surface area contributed by atoms with Gasteiger partial charge in [0, 0.05) is 0 Å². The van der Waals surface area contributed by atoms with Crippen LogP contribution in [0.15, 0.2) is 12.1 Å². The molecule has 0 aromatic heterocycles. The van der Waals surface area contributed by atoms with E-state index in [1.165, 1.54) is 0 Å². The average molecular weight is 271 g/mol. The van der Waals surface area contributed by atoms with Crippen LogP contribution >= 0.6 is 11.6 Å². The Kier molecular flexibility index (Phi) is 5.96. The first-order valence-corrected chi connectivity index (χ1v) is 5.67. The average Bonchev–Trinajstić information content (AvgIpc) is 2.22. The molecule has 5 heteroatoms. The van der Waals surface area contributed by atoms with Gasteiger partial charge in [0.25, 0.3) is 0 Å². The maximum absolute atomic E-state index is 13.3. The fraction of sp³-hybridized carbons (Fsp3) is 0.500. The van der Waals surface area contributed by atoms with Crippen molar-refractivity contribution in [2.45, 2.75) is 39.8 Å². The van der Waals surface area contributed by atoms with Crippen molar-refractivity contribution >= 4 is 11.6 Å². The maximum Gasteiger partial charge on any atom is 0.416 e. The molecule has 0 aliphatic heterocycles. The summed E-state index contributed by atoms with van der Waals surface area (Å²) in [5.74, 6) is -1.12. The summed E-state index contributed by atoms with van der Waals surface area (Å²) in [5, 5.41) is -0.492. The lowest BCUT2D eigenvalue weighted by atomic mass is 10.00. The topological polar surface area (TPSA) is 0 Å². The number of alkyl halides is 3. The highest BCUT2D eigenvalue weighted by atomic mass is 35.5. The van der Waals surface area contributed by atoms with E-state index in [1.54, 1.807) is 13.8 Å². The van der Waals surface area contributed by atoms with Crippen molar-refractivity contribution in [1.29, 1.82) is 0 Å². The molecule has 0 amide bonds. The molecule has 0 fully saturated rings. The molecular weight excluding hydrogens is 256 g/mol. The number of rotatable bonds is 1. The molecular formula is C12H15ClF4. The van der Waals surface area contributed by atoms with E-state index in [2.05, 4.69) is 0 Å². The summed E-state index contributed by atoms with van der Waals surface area (Å²) >= 11 is 5.39. The third-order valence-corrected chi connectivity index (χ3v) is 2.28. The predicted octanol–water partition coefficient (Wildman–Crippen LogP) is 5.65. The van der Waals surface area contributed by atoms with Gasteiger partial charge in [-0.15, -0.1) is 0 Å². The largest absolute Gasteiger partial charge is 0.416 e. The molecule has 0 nitrogen and oxygen atoms in total.